The molecule has 1 aliphatic heterocycles. The van der Waals surface area contributed by atoms with Gasteiger partial charge in [-0.3, -0.25) is 0 Å². The summed E-state index contributed by atoms with van der Waals surface area (Å²) < 4.78 is 12.4. The number of hydrogen-bond acceptors (Lipinski definition) is 5. The highest BCUT2D eigenvalue weighted by atomic mass is 127. The predicted molar refractivity (Wildman–Crippen MR) is 80.3 cm³/mol. The number of aliphatic hydroxyl groups excluding tert-OH is 3. The number of benzene rings is 1. The quantitative estimate of drug-likeness (QED) is 0.480. The van der Waals surface area contributed by atoms with E-state index in [1.807, 2.05) is 22.6 Å². The minimum atomic E-state index is -1.29. The highest BCUT2D eigenvalue weighted by molar-refractivity contribution is 14.1. The average Bonchev–Trinajstić information content (AvgIpc) is 2.42. The molecule has 0 radical (unpaired) electrons. The van der Waals surface area contributed by atoms with Crippen LogP contribution in [0, 0.1) is 0 Å². The first-order chi connectivity index (χ1) is 9.02. The molecule has 3 N–H and O–H groups in total. The van der Waals surface area contributed by atoms with E-state index in [0.29, 0.717) is 10.2 Å². The van der Waals surface area contributed by atoms with Gasteiger partial charge < -0.3 is 24.8 Å². The van der Waals surface area contributed by atoms with Crippen LogP contribution in [0.15, 0.2) is 28.7 Å². The van der Waals surface area contributed by atoms with E-state index in [1.165, 1.54) is 0 Å². The molecule has 1 heterocycles. The lowest BCUT2D eigenvalue weighted by molar-refractivity contribution is -0.266. The third-order valence-corrected chi connectivity index (χ3v) is 4.28. The fourth-order valence-corrected chi connectivity index (χ4v) is 2.78. The molecule has 0 bridgehead atoms. The molecule has 1 fully saturated rings. The molecular weight excluding hydrogens is 431 g/mol. The Kier molecular flexibility index (Phi) is 5.44. The second kappa shape index (κ2) is 6.68. The first kappa shape index (κ1) is 15.5. The van der Waals surface area contributed by atoms with Crippen molar-refractivity contribution in [3.8, 4) is 5.75 Å². The van der Waals surface area contributed by atoms with E-state index in [4.69, 9.17) is 9.47 Å². The van der Waals surface area contributed by atoms with Gasteiger partial charge >= 0.3 is 0 Å². The Morgan fingerprint density at radius 2 is 1.74 bits per heavy atom. The Morgan fingerprint density at radius 1 is 1.11 bits per heavy atom. The van der Waals surface area contributed by atoms with Crippen LogP contribution in [0.3, 0.4) is 0 Å². The maximum absolute atomic E-state index is 9.87. The second-order valence-corrected chi connectivity index (χ2v) is 6.04. The van der Waals surface area contributed by atoms with Gasteiger partial charge in [0, 0.05) is 8.90 Å². The van der Waals surface area contributed by atoms with Crippen LogP contribution in [-0.2, 0) is 4.74 Å². The lowest BCUT2D eigenvalue weighted by Gasteiger charge is -2.39. The Balaban J connectivity index is 2.08. The summed E-state index contributed by atoms with van der Waals surface area (Å²) in [6, 6.07) is 7.03. The van der Waals surface area contributed by atoms with Crippen molar-refractivity contribution in [2.45, 2.75) is 30.7 Å². The third kappa shape index (κ3) is 3.59. The molecule has 0 aromatic heterocycles. The first-order valence-electron chi connectivity index (χ1n) is 5.71. The zero-order valence-electron chi connectivity index (χ0n) is 9.82. The van der Waals surface area contributed by atoms with Crippen molar-refractivity contribution in [1.29, 1.82) is 0 Å². The maximum atomic E-state index is 9.87. The van der Waals surface area contributed by atoms with Crippen molar-refractivity contribution < 1.29 is 24.8 Å². The number of halogens is 2. The van der Waals surface area contributed by atoms with Crippen molar-refractivity contribution in [3.63, 3.8) is 0 Å². The Hall–Kier alpha value is 0.0700. The predicted octanol–water partition coefficient (Wildman–Crippen LogP) is 1.07. The molecule has 2 rings (SSSR count). The van der Waals surface area contributed by atoms with Crippen LogP contribution < -0.4 is 4.74 Å². The van der Waals surface area contributed by atoms with Gasteiger partial charge in [0.15, 0.2) is 0 Å². The standard InChI is InChI=1S/C12H14BrIO5/c13-6-1-3-7(4-2-6)18-12-11(17)10(16)9(15)8(5-14)19-12/h1-4,8-12,15-17H,5H2/t8-,9+,10-,11+,12-/m0/s1. The fraction of sp³-hybridized carbons (Fsp3) is 0.500. The zero-order valence-corrected chi connectivity index (χ0v) is 13.6. The lowest BCUT2D eigenvalue weighted by Crippen LogP contribution is -2.59. The zero-order chi connectivity index (χ0) is 14.0. The molecule has 19 heavy (non-hydrogen) atoms. The maximum Gasteiger partial charge on any atom is 0.229 e. The molecule has 106 valence electrons. The largest absolute Gasteiger partial charge is 0.462 e. The van der Waals surface area contributed by atoms with E-state index in [0.717, 1.165) is 4.47 Å². The summed E-state index contributed by atoms with van der Waals surface area (Å²) in [5.74, 6) is 0.517. The van der Waals surface area contributed by atoms with Gasteiger partial charge in [0.2, 0.25) is 6.29 Å². The van der Waals surface area contributed by atoms with Crippen molar-refractivity contribution in [2.24, 2.45) is 0 Å². The molecule has 1 aromatic rings. The van der Waals surface area contributed by atoms with Crippen LogP contribution in [0.5, 0.6) is 5.75 Å². The van der Waals surface area contributed by atoms with Gasteiger partial charge in [0.25, 0.3) is 0 Å². The van der Waals surface area contributed by atoms with Crippen molar-refractivity contribution in [3.05, 3.63) is 28.7 Å². The number of aliphatic hydroxyl groups is 3. The van der Waals surface area contributed by atoms with Crippen molar-refractivity contribution in [2.75, 3.05) is 4.43 Å². The summed E-state index contributed by atoms with van der Waals surface area (Å²) in [6.45, 7) is 0. The van der Waals surface area contributed by atoms with Gasteiger partial charge in [0.1, 0.15) is 24.1 Å². The van der Waals surface area contributed by atoms with Gasteiger partial charge in [0.05, 0.1) is 6.10 Å². The van der Waals surface area contributed by atoms with E-state index in [1.54, 1.807) is 24.3 Å². The molecular formula is C12H14BrIO5. The van der Waals surface area contributed by atoms with Gasteiger partial charge in [-0.2, -0.15) is 0 Å². The van der Waals surface area contributed by atoms with Gasteiger partial charge in [-0.25, -0.2) is 0 Å². The highest BCUT2D eigenvalue weighted by Crippen LogP contribution is 2.26. The normalized spacial score (nSPS) is 35.1. The van der Waals surface area contributed by atoms with E-state index < -0.39 is 30.7 Å². The van der Waals surface area contributed by atoms with Crippen LogP contribution in [0.2, 0.25) is 0 Å². The smallest absolute Gasteiger partial charge is 0.229 e. The summed E-state index contributed by atoms with van der Waals surface area (Å²) in [6.07, 6.45) is -5.26. The minimum Gasteiger partial charge on any atom is -0.462 e. The number of rotatable bonds is 3. The van der Waals surface area contributed by atoms with E-state index >= 15 is 0 Å². The van der Waals surface area contributed by atoms with E-state index in [9.17, 15) is 15.3 Å². The molecule has 5 nitrogen and oxygen atoms in total. The molecule has 0 saturated carbocycles. The minimum absolute atomic E-state index is 0.489. The summed E-state index contributed by atoms with van der Waals surface area (Å²) in [4.78, 5) is 0. The summed E-state index contributed by atoms with van der Waals surface area (Å²) >= 11 is 5.36. The first-order valence-corrected chi connectivity index (χ1v) is 8.02. The van der Waals surface area contributed by atoms with Crippen LogP contribution in [0.1, 0.15) is 0 Å². The molecule has 5 atom stereocenters. The number of alkyl halides is 1. The van der Waals surface area contributed by atoms with Crippen molar-refractivity contribution in [1.82, 2.24) is 0 Å². The average molecular weight is 445 g/mol. The lowest BCUT2D eigenvalue weighted by atomic mass is 10.00. The van der Waals surface area contributed by atoms with Crippen LogP contribution in [-0.4, -0.2) is 50.5 Å². The Morgan fingerprint density at radius 3 is 2.32 bits per heavy atom. The molecule has 0 unspecified atom stereocenters. The molecule has 0 amide bonds. The van der Waals surface area contributed by atoms with Crippen LogP contribution >= 0.6 is 38.5 Å². The van der Waals surface area contributed by atoms with Crippen molar-refractivity contribution >= 4 is 38.5 Å². The number of hydrogen-bond donors (Lipinski definition) is 3. The second-order valence-electron chi connectivity index (χ2n) is 4.24. The molecule has 1 aliphatic rings. The Labute approximate surface area is 132 Å². The molecule has 1 aromatic carbocycles. The Bertz CT molecular complexity index is 413. The SMILES string of the molecule is O[C@@H]1[C@@H](O)[C@@H](Oc2ccc(Br)cc2)O[C@@H](CI)[C@H]1O. The fourth-order valence-electron chi connectivity index (χ4n) is 1.79. The summed E-state index contributed by atoms with van der Waals surface area (Å²) in [7, 11) is 0. The van der Waals surface area contributed by atoms with Gasteiger partial charge in [-0.15, -0.1) is 0 Å². The molecule has 0 spiro atoms. The molecule has 7 heteroatoms. The number of ether oxygens (including phenoxy) is 2. The molecule has 0 aliphatic carbocycles. The van der Waals surface area contributed by atoms with E-state index in [-0.39, 0.29) is 0 Å². The van der Waals surface area contributed by atoms with Gasteiger partial charge in [-0.1, -0.05) is 38.5 Å². The monoisotopic (exact) mass is 444 g/mol. The highest BCUT2D eigenvalue weighted by Gasteiger charge is 2.44. The molecule has 1 saturated heterocycles. The van der Waals surface area contributed by atoms with Crippen LogP contribution in [0.4, 0.5) is 0 Å². The van der Waals surface area contributed by atoms with E-state index in [2.05, 4.69) is 15.9 Å². The summed E-state index contributed by atoms with van der Waals surface area (Å²) in [5.41, 5.74) is 0. The topological polar surface area (TPSA) is 79.2 Å². The van der Waals surface area contributed by atoms with Crippen LogP contribution in [0.25, 0.3) is 0 Å². The summed E-state index contributed by atoms with van der Waals surface area (Å²) in [5, 5.41) is 29.4. The van der Waals surface area contributed by atoms with Gasteiger partial charge in [-0.05, 0) is 24.3 Å². The third-order valence-electron chi connectivity index (χ3n) is 2.89.